The first-order valence-electron chi connectivity index (χ1n) is 12.2. The van der Waals surface area contributed by atoms with E-state index in [1.165, 1.54) is 19.3 Å². The first-order valence-corrected chi connectivity index (χ1v) is 12.2. The van der Waals surface area contributed by atoms with Crippen molar-refractivity contribution in [3.63, 3.8) is 0 Å². The number of pyridine rings is 2. The second-order valence-corrected chi connectivity index (χ2v) is 9.05. The third kappa shape index (κ3) is 6.32. The zero-order valence-corrected chi connectivity index (χ0v) is 19.6. The summed E-state index contributed by atoms with van der Waals surface area (Å²) in [6.07, 6.45) is 13.8. The summed E-state index contributed by atoms with van der Waals surface area (Å²) in [4.78, 5) is 36.7. The minimum Gasteiger partial charge on any atom is -0.376 e. The van der Waals surface area contributed by atoms with Crippen molar-refractivity contribution in [3.8, 4) is 11.1 Å². The second-order valence-electron chi connectivity index (χ2n) is 9.05. The highest BCUT2D eigenvalue weighted by Crippen LogP contribution is 2.22. The SMILES string of the molecule is CCc1cc(-c2c[nH]c(=O)c(N[C@@H]3CCCN(C(=O)/C=C/CN4CCCCC4)C3)c2)ccn1. The fourth-order valence-corrected chi connectivity index (χ4v) is 4.67. The van der Waals surface area contributed by atoms with Crippen LogP contribution in [0.5, 0.6) is 0 Å². The molecule has 0 bridgehead atoms. The molecular weight excluding hydrogens is 414 g/mol. The summed E-state index contributed by atoms with van der Waals surface area (Å²) >= 11 is 0. The number of nitrogens with one attached hydrogen (secondary N) is 2. The lowest BCUT2D eigenvalue weighted by atomic mass is 10.0. The Balaban J connectivity index is 1.37. The maximum Gasteiger partial charge on any atom is 0.271 e. The van der Waals surface area contributed by atoms with Crippen LogP contribution < -0.4 is 10.9 Å². The van der Waals surface area contributed by atoms with Crippen LogP contribution in [0.15, 0.2) is 47.5 Å². The van der Waals surface area contributed by atoms with Gasteiger partial charge in [0.15, 0.2) is 0 Å². The predicted octanol–water partition coefficient (Wildman–Crippen LogP) is 3.44. The molecule has 2 N–H and O–H groups in total. The Bertz CT molecular complexity index is 1030. The summed E-state index contributed by atoms with van der Waals surface area (Å²) in [7, 11) is 0. The first-order chi connectivity index (χ1) is 16.1. The Morgan fingerprint density at radius 2 is 2.03 bits per heavy atom. The number of aromatic amines is 1. The molecule has 0 saturated carbocycles. The highest BCUT2D eigenvalue weighted by Gasteiger charge is 2.23. The third-order valence-corrected chi connectivity index (χ3v) is 6.58. The van der Waals surface area contributed by atoms with Gasteiger partial charge in [-0.25, -0.2) is 0 Å². The van der Waals surface area contributed by atoms with E-state index < -0.39 is 0 Å². The summed E-state index contributed by atoms with van der Waals surface area (Å²) in [5.74, 6) is 0.0602. The standard InChI is InChI=1S/C26H35N5O2/c1-2-22-16-20(10-11-27-22)21-17-24(26(33)28-18-21)29-23-8-6-15-31(19-23)25(32)9-7-14-30-12-4-3-5-13-30/h7,9-11,16-18,23,29H,2-6,8,12-15,19H2,1H3,(H,28,33)/b9-7+/t23-/m1/s1. The number of aryl methyl sites for hydroxylation is 1. The lowest BCUT2D eigenvalue weighted by Crippen LogP contribution is -2.45. The van der Waals surface area contributed by atoms with E-state index in [0.717, 1.165) is 62.3 Å². The molecular formula is C26H35N5O2. The Kier molecular flexibility index (Phi) is 7.94. The van der Waals surface area contributed by atoms with Gasteiger partial charge < -0.3 is 15.2 Å². The zero-order valence-electron chi connectivity index (χ0n) is 19.6. The van der Waals surface area contributed by atoms with E-state index in [9.17, 15) is 9.59 Å². The van der Waals surface area contributed by atoms with Crippen molar-refractivity contribution in [3.05, 3.63) is 58.8 Å². The highest BCUT2D eigenvalue weighted by molar-refractivity contribution is 5.87. The monoisotopic (exact) mass is 449 g/mol. The van der Waals surface area contributed by atoms with Gasteiger partial charge in [0.2, 0.25) is 5.91 Å². The van der Waals surface area contributed by atoms with E-state index in [4.69, 9.17) is 0 Å². The number of anilines is 1. The van der Waals surface area contributed by atoms with Gasteiger partial charge in [0, 0.05) is 55.4 Å². The van der Waals surface area contributed by atoms with Crippen LogP contribution in [0.4, 0.5) is 5.69 Å². The Hall–Kier alpha value is -2.93. The molecule has 176 valence electrons. The van der Waals surface area contributed by atoms with Gasteiger partial charge in [-0.15, -0.1) is 0 Å². The maximum absolute atomic E-state index is 12.7. The Labute approximate surface area is 195 Å². The molecule has 1 atom stereocenters. The molecule has 2 saturated heterocycles. The zero-order chi connectivity index (χ0) is 23.0. The number of likely N-dealkylation sites (tertiary alicyclic amines) is 2. The van der Waals surface area contributed by atoms with Gasteiger partial charge in [0.1, 0.15) is 5.69 Å². The van der Waals surface area contributed by atoms with Crippen molar-refractivity contribution in [2.24, 2.45) is 0 Å². The molecule has 2 aliphatic heterocycles. The molecule has 1 amide bonds. The molecule has 33 heavy (non-hydrogen) atoms. The molecule has 2 aliphatic rings. The lowest BCUT2D eigenvalue weighted by molar-refractivity contribution is -0.127. The maximum atomic E-state index is 12.7. The van der Waals surface area contributed by atoms with Crippen LogP contribution >= 0.6 is 0 Å². The number of carbonyl (C=O) groups is 1. The molecule has 2 fully saturated rings. The largest absolute Gasteiger partial charge is 0.376 e. The van der Waals surface area contributed by atoms with Gasteiger partial charge in [0.25, 0.3) is 5.56 Å². The number of hydrogen-bond acceptors (Lipinski definition) is 5. The Morgan fingerprint density at radius 3 is 2.85 bits per heavy atom. The number of aromatic nitrogens is 2. The summed E-state index contributed by atoms with van der Waals surface area (Å²) in [5.41, 5.74) is 3.39. The molecule has 2 aromatic heterocycles. The van der Waals surface area contributed by atoms with E-state index in [-0.39, 0.29) is 17.5 Å². The molecule has 2 aromatic rings. The smallest absolute Gasteiger partial charge is 0.271 e. The molecule has 7 nitrogen and oxygen atoms in total. The number of amides is 1. The molecule has 0 aliphatic carbocycles. The quantitative estimate of drug-likeness (QED) is 0.633. The van der Waals surface area contributed by atoms with Crippen molar-refractivity contribution in [1.82, 2.24) is 19.8 Å². The van der Waals surface area contributed by atoms with Gasteiger partial charge in [-0.05, 0) is 69.0 Å². The van der Waals surface area contributed by atoms with Gasteiger partial charge in [-0.2, -0.15) is 0 Å². The number of piperidine rings is 2. The fraction of sp³-hybridized carbons (Fsp3) is 0.500. The molecule has 4 heterocycles. The number of hydrogen-bond donors (Lipinski definition) is 2. The molecule has 0 aromatic carbocycles. The fourth-order valence-electron chi connectivity index (χ4n) is 4.67. The van der Waals surface area contributed by atoms with Gasteiger partial charge >= 0.3 is 0 Å². The number of rotatable bonds is 7. The van der Waals surface area contributed by atoms with Crippen LogP contribution in [0, 0.1) is 0 Å². The molecule has 4 rings (SSSR count). The van der Waals surface area contributed by atoms with Crippen molar-refractivity contribution in [1.29, 1.82) is 0 Å². The van der Waals surface area contributed by atoms with Crippen molar-refractivity contribution >= 4 is 11.6 Å². The second kappa shape index (κ2) is 11.3. The van der Waals surface area contributed by atoms with Crippen LogP contribution in [0.2, 0.25) is 0 Å². The van der Waals surface area contributed by atoms with E-state index in [2.05, 4.69) is 33.2 Å². The average molecular weight is 450 g/mol. The predicted molar refractivity (Wildman–Crippen MR) is 132 cm³/mol. The highest BCUT2D eigenvalue weighted by atomic mass is 16.2. The minimum atomic E-state index is -0.145. The van der Waals surface area contributed by atoms with Crippen molar-refractivity contribution in [2.45, 2.75) is 51.5 Å². The van der Waals surface area contributed by atoms with E-state index in [1.54, 1.807) is 18.5 Å². The Morgan fingerprint density at radius 1 is 1.18 bits per heavy atom. The van der Waals surface area contributed by atoms with Crippen LogP contribution in [-0.2, 0) is 11.2 Å². The normalized spacial score (nSPS) is 19.7. The van der Waals surface area contributed by atoms with Crippen LogP contribution in [-0.4, -0.2) is 64.4 Å². The minimum absolute atomic E-state index is 0.0539. The molecule has 0 spiro atoms. The van der Waals surface area contributed by atoms with Crippen molar-refractivity contribution in [2.75, 3.05) is 38.0 Å². The summed E-state index contributed by atoms with van der Waals surface area (Å²) in [6.45, 7) is 6.54. The van der Waals surface area contributed by atoms with E-state index in [1.807, 2.05) is 23.1 Å². The molecule has 0 unspecified atom stereocenters. The van der Waals surface area contributed by atoms with Gasteiger partial charge in [-0.1, -0.05) is 19.4 Å². The lowest BCUT2D eigenvalue weighted by Gasteiger charge is -2.33. The van der Waals surface area contributed by atoms with Gasteiger partial charge in [0.05, 0.1) is 0 Å². The van der Waals surface area contributed by atoms with E-state index >= 15 is 0 Å². The first kappa shape index (κ1) is 23.2. The van der Waals surface area contributed by atoms with Crippen molar-refractivity contribution < 1.29 is 4.79 Å². The summed E-state index contributed by atoms with van der Waals surface area (Å²) in [5, 5.41) is 3.39. The summed E-state index contributed by atoms with van der Waals surface area (Å²) in [6, 6.07) is 5.95. The molecule has 0 radical (unpaired) electrons. The van der Waals surface area contributed by atoms with Crippen LogP contribution in [0.3, 0.4) is 0 Å². The van der Waals surface area contributed by atoms with Gasteiger partial charge in [-0.3, -0.25) is 19.5 Å². The van der Waals surface area contributed by atoms with E-state index in [0.29, 0.717) is 12.2 Å². The summed E-state index contributed by atoms with van der Waals surface area (Å²) < 4.78 is 0. The van der Waals surface area contributed by atoms with Crippen LogP contribution in [0.25, 0.3) is 11.1 Å². The number of H-pyrrole nitrogens is 1. The number of nitrogens with zero attached hydrogens (tertiary/aromatic N) is 3. The topological polar surface area (TPSA) is 81.3 Å². The van der Waals surface area contributed by atoms with Crippen LogP contribution in [0.1, 0.15) is 44.7 Å². The average Bonchev–Trinajstić information content (AvgIpc) is 2.86. The third-order valence-electron chi connectivity index (χ3n) is 6.58. The number of carbonyl (C=O) groups excluding carboxylic acids is 1. The molecule has 7 heteroatoms.